The van der Waals surface area contributed by atoms with Crippen molar-refractivity contribution in [1.29, 1.82) is 0 Å². The number of ether oxygens (including phenoxy) is 1. The molecule has 1 fully saturated rings. The van der Waals surface area contributed by atoms with Crippen molar-refractivity contribution in [3.63, 3.8) is 0 Å². The lowest BCUT2D eigenvalue weighted by atomic mass is 10.2. The van der Waals surface area contributed by atoms with E-state index in [1.54, 1.807) is 18.2 Å². The zero-order valence-electron chi connectivity index (χ0n) is 12.2. The summed E-state index contributed by atoms with van der Waals surface area (Å²) in [5, 5.41) is 5.57. The highest BCUT2D eigenvalue weighted by molar-refractivity contribution is 7.91. The van der Waals surface area contributed by atoms with E-state index in [1.807, 2.05) is 0 Å². The van der Waals surface area contributed by atoms with Crippen molar-refractivity contribution in [1.82, 2.24) is 5.32 Å². The second-order valence-corrected chi connectivity index (χ2v) is 7.33. The van der Waals surface area contributed by atoms with Crippen LogP contribution in [0.1, 0.15) is 16.8 Å². The van der Waals surface area contributed by atoms with Gasteiger partial charge in [-0.1, -0.05) is 6.07 Å². The number of carbonyl (C=O) groups is 2. The molecule has 1 aromatic rings. The summed E-state index contributed by atoms with van der Waals surface area (Å²) in [6.07, 6.45) is 0.521. The summed E-state index contributed by atoms with van der Waals surface area (Å²) in [5.41, 5.74) is 0.823. The Morgan fingerprint density at radius 2 is 2.14 bits per heavy atom. The molecule has 1 aromatic carbocycles. The van der Waals surface area contributed by atoms with E-state index in [0.29, 0.717) is 17.7 Å². The number of benzene rings is 1. The van der Waals surface area contributed by atoms with Crippen molar-refractivity contribution < 1.29 is 22.7 Å². The Hall–Kier alpha value is -1.93. The predicted octanol–water partition coefficient (Wildman–Crippen LogP) is 0.188. The average Bonchev–Trinajstić information content (AvgIpc) is 2.84. The highest BCUT2D eigenvalue weighted by atomic mass is 32.2. The number of anilines is 1. The summed E-state index contributed by atoms with van der Waals surface area (Å²) in [6, 6.07) is 6.22. The Kier molecular flexibility index (Phi) is 5.15. The number of rotatable bonds is 5. The van der Waals surface area contributed by atoms with Crippen molar-refractivity contribution in [2.45, 2.75) is 12.5 Å². The largest absolute Gasteiger partial charge is 0.465 e. The molecule has 0 saturated carbocycles. The quantitative estimate of drug-likeness (QED) is 0.749. The number of hydrogen-bond donors (Lipinski definition) is 2. The van der Waals surface area contributed by atoms with Gasteiger partial charge >= 0.3 is 5.97 Å². The minimum atomic E-state index is -2.97. The van der Waals surface area contributed by atoms with Gasteiger partial charge in [-0.2, -0.15) is 0 Å². The summed E-state index contributed by atoms with van der Waals surface area (Å²) in [6.45, 7) is 0.0165. The number of hydrogen-bond acceptors (Lipinski definition) is 6. The molecule has 8 heteroatoms. The molecule has 1 heterocycles. The first-order valence-corrected chi connectivity index (χ1v) is 8.64. The fraction of sp³-hybridized carbons (Fsp3) is 0.429. The molecular weight excluding hydrogens is 308 g/mol. The number of methoxy groups -OCH3 is 1. The van der Waals surface area contributed by atoms with Crippen LogP contribution in [-0.2, 0) is 19.4 Å². The Morgan fingerprint density at radius 1 is 1.36 bits per heavy atom. The van der Waals surface area contributed by atoms with Crippen LogP contribution < -0.4 is 10.6 Å². The maximum absolute atomic E-state index is 11.8. The molecule has 2 rings (SSSR count). The molecule has 2 N–H and O–H groups in total. The maximum Gasteiger partial charge on any atom is 0.337 e. The molecule has 1 aliphatic heterocycles. The zero-order valence-corrected chi connectivity index (χ0v) is 13.0. The van der Waals surface area contributed by atoms with Gasteiger partial charge in [-0.05, 0) is 24.6 Å². The van der Waals surface area contributed by atoms with Gasteiger partial charge in [-0.15, -0.1) is 0 Å². The number of amides is 1. The summed E-state index contributed by atoms with van der Waals surface area (Å²) < 4.78 is 27.3. The Morgan fingerprint density at radius 3 is 2.77 bits per heavy atom. The first kappa shape index (κ1) is 16.4. The van der Waals surface area contributed by atoms with Crippen LogP contribution in [0, 0.1) is 0 Å². The second-order valence-electron chi connectivity index (χ2n) is 5.10. The van der Waals surface area contributed by atoms with E-state index < -0.39 is 15.8 Å². The van der Waals surface area contributed by atoms with E-state index in [1.165, 1.54) is 13.2 Å². The lowest BCUT2D eigenvalue weighted by molar-refractivity contribution is -0.115. The van der Waals surface area contributed by atoms with E-state index in [-0.39, 0.29) is 30.0 Å². The fourth-order valence-corrected chi connectivity index (χ4v) is 3.95. The molecule has 0 aliphatic carbocycles. The molecule has 22 heavy (non-hydrogen) atoms. The van der Waals surface area contributed by atoms with E-state index in [2.05, 4.69) is 15.4 Å². The van der Waals surface area contributed by atoms with Crippen molar-refractivity contribution in [2.24, 2.45) is 0 Å². The highest BCUT2D eigenvalue weighted by Gasteiger charge is 2.27. The molecule has 1 saturated heterocycles. The summed E-state index contributed by atoms with van der Waals surface area (Å²) >= 11 is 0. The lowest BCUT2D eigenvalue weighted by Gasteiger charge is -2.11. The summed E-state index contributed by atoms with van der Waals surface area (Å²) in [4.78, 5) is 23.2. The molecule has 1 aliphatic rings. The molecule has 120 valence electrons. The molecular formula is C14H18N2O5S. The fourth-order valence-electron chi connectivity index (χ4n) is 2.24. The first-order valence-electron chi connectivity index (χ1n) is 6.81. The number of esters is 1. The topological polar surface area (TPSA) is 102 Å². The van der Waals surface area contributed by atoms with Gasteiger partial charge in [-0.25, -0.2) is 13.2 Å². The lowest BCUT2D eigenvalue weighted by Crippen LogP contribution is -2.36. The molecule has 0 aromatic heterocycles. The molecule has 1 atom stereocenters. The van der Waals surface area contributed by atoms with Crippen molar-refractivity contribution in [3.05, 3.63) is 29.8 Å². The van der Waals surface area contributed by atoms with Crippen molar-refractivity contribution >= 4 is 27.4 Å². The highest BCUT2D eigenvalue weighted by Crippen LogP contribution is 2.12. The van der Waals surface area contributed by atoms with Gasteiger partial charge in [0.1, 0.15) is 0 Å². The van der Waals surface area contributed by atoms with Crippen LogP contribution in [0.4, 0.5) is 5.69 Å². The van der Waals surface area contributed by atoms with E-state index in [4.69, 9.17) is 0 Å². The number of sulfone groups is 1. The van der Waals surface area contributed by atoms with Gasteiger partial charge in [0, 0.05) is 11.7 Å². The maximum atomic E-state index is 11.8. The van der Waals surface area contributed by atoms with E-state index in [9.17, 15) is 18.0 Å². The van der Waals surface area contributed by atoms with Crippen LogP contribution in [0.15, 0.2) is 24.3 Å². The first-order chi connectivity index (χ1) is 10.4. The van der Waals surface area contributed by atoms with Gasteiger partial charge in [0.25, 0.3) is 0 Å². The molecule has 0 bridgehead atoms. The third-order valence-electron chi connectivity index (χ3n) is 3.35. The minimum absolute atomic E-state index is 0.0165. The van der Waals surface area contributed by atoms with E-state index >= 15 is 0 Å². The van der Waals surface area contributed by atoms with Gasteiger partial charge in [-0.3, -0.25) is 4.79 Å². The van der Waals surface area contributed by atoms with E-state index in [0.717, 1.165) is 0 Å². The predicted molar refractivity (Wildman–Crippen MR) is 81.5 cm³/mol. The smallest absolute Gasteiger partial charge is 0.337 e. The number of nitrogens with one attached hydrogen (secondary N) is 2. The molecule has 1 unspecified atom stereocenters. The Labute approximate surface area is 129 Å². The van der Waals surface area contributed by atoms with Gasteiger partial charge in [0.2, 0.25) is 5.91 Å². The third-order valence-corrected chi connectivity index (χ3v) is 5.12. The summed E-state index contributed by atoms with van der Waals surface area (Å²) in [7, 11) is -1.68. The Bertz CT molecular complexity index is 672. The van der Waals surface area contributed by atoms with Gasteiger partial charge < -0.3 is 15.4 Å². The van der Waals surface area contributed by atoms with Crippen molar-refractivity contribution in [3.8, 4) is 0 Å². The molecule has 1 amide bonds. The molecule has 0 spiro atoms. The summed E-state index contributed by atoms with van der Waals surface area (Å²) in [5.74, 6) is -0.553. The SMILES string of the molecule is COC(=O)c1cccc(NC(=O)CNC2CCS(=O)(=O)C2)c1. The third kappa shape index (κ3) is 4.54. The van der Waals surface area contributed by atoms with Crippen LogP contribution in [-0.4, -0.2) is 51.5 Å². The van der Waals surface area contributed by atoms with Crippen LogP contribution in [0.2, 0.25) is 0 Å². The monoisotopic (exact) mass is 326 g/mol. The van der Waals surface area contributed by atoms with Crippen LogP contribution in [0.3, 0.4) is 0 Å². The van der Waals surface area contributed by atoms with Crippen LogP contribution >= 0.6 is 0 Å². The zero-order chi connectivity index (χ0) is 16.2. The van der Waals surface area contributed by atoms with Gasteiger partial charge in [0.15, 0.2) is 9.84 Å². The number of carbonyl (C=O) groups excluding carboxylic acids is 2. The van der Waals surface area contributed by atoms with Crippen LogP contribution in [0.25, 0.3) is 0 Å². The van der Waals surface area contributed by atoms with Crippen LogP contribution in [0.5, 0.6) is 0 Å². The Balaban J connectivity index is 1.86. The van der Waals surface area contributed by atoms with Gasteiger partial charge in [0.05, 0.1) is 30.7 Å². The molecule has 7 nitrogen and oxygen atoms in total. The average molecular weight is 326 g/mol. The normalized spacial score (nSPS) is 19.6. The standard InChI is InChI=1S/C14H18N2O5S/c1-21-14(18)10-3-2-4-11(7-10)16-13(17)8-15-12-5-6-22(19,20)9-12/h2-4,7,12,15H,5-6,8-9H2,1H3,(H,16,17). The second kappa shape index (κ2) is 6.89. The van der Waals surface area contributed by atoms with Crippen molar-refractivity contribution in [2.75, 3.05) is 30.5 Å². The minimum Gasteiger partial charge on any atom is -0.465 e. The molecule has 0 radical (unpaired) electrons.